The van der Waals surface area contributed by atoms with Crippen LogP contribution in [-0.2, 0) is 16.1 Å². The van der Waals surface area contributed by atoms with Crippen LogP contribution in [0, 0.1) is 0 Å². The molecule has 7 nitrogen and oxygen atoms in total. The van der Waals surface area contributed by atoms with Crippen molar-refractivity contribution in [3.63, 3.8) is 0 Å². The zero-order valence-corrected chi connectivity index (χ0v) is 8.00. The second-order valence-electron chi connectivity index (χ2n) is 3.30. The Kier molecular flexibility index (Phi) is 2.93. The van der Waals surface area contributed by atoms with Gasteiger partial charge in [-0.25, -0.2) is 4.63 Å². The van der Waals surface area contributed by atoms with Crippen molar-refractivity contribution in [3.05, 3.63) is 11.9 Å². The van der Waals surface area contributed by atoms with Crippen molar-refractivity contribution in [2.24, 2.45) is 0 Å². The average Bonchev–Trinajstić information content (AvgIpc) is 2.71. The van der Waals surface area contributed by atoms with E-state index in [9.17, 15) is 4.79 Å². The molecule has 1 aromatic heterocycles. The number of carboxylic acids is 1. The SMILES string of the molecule is O=C(O)C1COCCN1Cc1cnon1. The summed E-state index contributed by atoms with van der Waals surface area (Å²) in [5.74, 6) is -0.883. The number of hydrogen-bond donors (Lipinski definition) is 1. The number of aliphatic carboxylic acids is 1. The summed E-state index contributed by atoms with van der Waals surface area (Å²) in [6.07, 6.45) is 1.48. The first kappa shape index (κ1) is 10.1. The molecule has 0 saturated carbocycles. The van der Waals surface area contributed by atoms with Crippen molar-refractivity contribution in [1.82, 2.24) is 15.2 Å². The fraction of sp³-hybridized carbons (Fsp3) is 0.625. The lowest BCUT2D eigenvalue weighted by molar-refractivity contribution is -0.150. The van der Waals surface area contributed by atoms with Crippen molar-refractivity contribution in [2.45, 2.75) is 12.6 Å². The summed E-state index contributed by atoms with van der Waals surface area (Å²) < 4.78 is 9.56. The standard InChI is InChI=1S/C8H11N3O4/c12-8(13)7-5-14-2-1-11(7)4-6-3-9-15-10-6/h3,7H,1-2,4-5H2,(H,12,13). The molecule has 1 aliphatic heterocycles. The minimum atomic E-state index is -0.883. The van der Waals surface area contributed by atoms with Crippen LogP contribution in [0.1, 0.15) is 5.69 Å². The quantitative estimate of drug-likeness (QED) is 0.713. The van der Waals surface area contributed by atoms with Crippen molar-refractivity contribution < 1.29 is 19.3 Å². The lowest BCUT2D eigenvalue weighted by Gasteiger charge is -2.31. The van der Waals surface area contributed by atoms with E-state index in [0.717, 1.165) is 0 Å². The molecule has 7 heteroatoms. The van der Waals surface area contributed by atoms with Gasteiger partial charge in [0.2, 0.25) is 0 Å². The predicted molar refractivity (Wildman–Crippen MR) is 47.0 cm³/mol. The first-order valence-corrected chi connectivity index (χ1v) is 4.58. The Morgan fingerprint density at radius 3 is 3.27 bits per heavy atom. The van der Waals surface area contributed by atoms with Gasteiger partial charge in [-0.2, -0.15) is 0 Å². The van der Waals surface area contributed by atoms with Crippen LogP contribution < -0.4 is 0 Å². The van der Waals surface area contributed by atoms with Gasteiger partial charge in [0.1, 0.15) is 11.7 Å². The van der Waals surface area contributed by atoms with Gasteiger partial charge in [0.25, 0.3) is 0 Å². The fourth-order valence-electron chi connectivity index (χ4n) is 1.52. The molecular weight excluding hydrogens is 202 g/mol. The van der Waals surface area contributed by atoms with Gasteiger partial charge in [-0.3, -0.25) is 9.69 Å². The van der Waals surface area contributed by atoms with Crippen LogP contribution in [0.25, 0.3) is 0 Å². The molecule has 15 heavy (non-hydrogen) atoms. The van der Waals surface area contributed by atoms with Gasteiger partial charge in [-0.05, 0) is 0 Å². The second-order valence-corrected chi connectivity index (χ2v) is 3.30. The highest BCUT2D eigenvalue weighted by atomic mass is 16.6. The number of ether oxygens (including phenoxy) is 1. The Balaban J connectivity index is 2.02. The van der Waals surface area contributed by atoms with Crippen LogP contribution in [-0.4, -0.2) is 52.1 Å². The molecule has 1 unspecified atom stereocenters. The highest BCUT2D eigenvalue weighted by Crippen LogP contribution is 2.10. The molecule has 0 aromatic carbocycles. The minimum Gasteiger partial charge on any atom is -0.480 e. The number of hydrogen-bond acceptors (Lipinski definition) is 6. The van der Waals surface area contributed by atoms with Crippen LogP contribution in [0.3, 0.4) is 0 Å². The summed E-state index contributed by atoms with van der Waals surface area (Å²) in [6.45, 7) is 1.74. The van der Waals surface area contributed by atoms with E-state index >= 15 is 0 Å². The Morgan fingerprint density at radius 1 is 1.73 bits per heavy atom. The van der Waals surface area contributed by atoms with Gasteiger partial charge < -0.3 is 9.84 Å². The molecule has 2 rings (SSSR count). The van der Waals surface area contributed by atoms with Gasteiger partial charge in [-0.15, -0.1) is 0 Å². The third-order valence-electron chi connectivity index (χ3n) is 2.30. The summed E-state index contributed by atoms with van der Waals surface area (Å²) in [7, 11) is 0. The molecule has 1 aliphatic rings. The van der Waals surface area contributed by atoms with Crippen LogP contribution in [0.2, 0.25) is 0 Å². The van der Waals surface area contributed by atoms with Crippen molar-refractivity contribution >= 4 is 5.97 Å². The predicted octanol–water partition coefficient (Wildman–Crippen LogP) is -0.645. The average molecular weight is 213 g/mol. The van der Waals surface area contributed by atoms with Gasteiger partial charge in [0, 0.05) is 13.1 Å². The van der Waals surface area contributed by atoms with E-state index in [0.29, 0.717) is 25.4 Å². The lowest BCUT2D eigenvalue weighted by Crippen LogP contribution is -2.49. The highest BCUT2D eigenvalue weighted by Gasteiger charge is 2.29. The number of nitrogens with zero attached hydrogens (tertiary/aromatic N) is 3. The van der Waals surface area contributed by atoms with E-state index in [1.807, 2.05) is 0 Å². The monoisotopic (exact) mass is 213 g/mol. The molecule has 1 aromatic rings. The molecule has 1 fully saturated rings. The lowest BCUT2D eigenvalue weighted by atomic mass is 10.2. The van der Waals surface area contributed by atoms with Crippen LogP contribution in [0.15, 0.2) is 10.8 Å². The highest BCUT2D eigenvalue weighted by molar-refractivity contribution is 5.73. The number of aromatic nitrogens is 2. The normalized spacial score (nSPS) is 22.8. The summed E-state index contributed by atoms with van der Waals surface area (Å²) in [5.41, 5.74) is 0.628. The fourth-order valence-corrected chi connectivity index (χ4v) is 1.52. The van der Waals surface area contributed by atoms with E-state index < -0.39 is 12.0 Å². The van der Waals surface area contributed by atoms with E-state index in [1.54, 1.807) is 4.90 Å². The van der Waals surface area contributed by atoms with Crippen LogP contribution in [0.4, 0.5) is 0 Å². The zero-order valence-electron chi connectivity index (χ0n) is 8.00. The third kappa shape index (κ3) is 2.31. The number of carbonyl (C=O) groups is 1. The maximum absolute atomic E-state index is 10.9. The van der Waals surface area contributed by atoms with E-state index in [1.165, 1.54) is 6.20 Å². The van der Waals surface area contributed by atoms with Gasteiger partial charge in [0.15, 0.2) is 0 Å². The molecule has 0 aliphatic carbocycles. The Labute approximate surface area is 85.6 Å². The van der Waals surface area contributed by atoms with Crippen molar-refractivity contribution in [3.8, 4) is 0 Å². The van der Waals surface area contributed by atoms with Crippen LogP contribution >= 0.6 is 0 Å². The molecule has 2 heterocycles. The molecule has 0 radical (unpaired) electrons. The first-order chi connectivity index (χ1) is 7.27. The van der Waals surface area contributed by atoms with Crippen molar-refractivity contribution in [1.29, 1.82) is 0 Å². The molecule has 0 amide bonds. The maximum atomic E-state index is 10.9. The van der Waals surface area contributed by atoms with E-state index in [-0.39, 0.29) is 6.61 Å². The number of carboxylic acid groups (broad SMARTS) is 1. The smallest absolute Gasteiger partial charge is 0.323 e. The molecular formula is C8H11N3O4. The Hall–Kier alpha value is -1.47. The first-order valence-electron chi connectivity index (χ1n) is 4.58. The van der Waals surface area contributed by atoms with E-state index in [4.69, 9.17) is 9.84 Å². The molecule has 0 bridgehead atoms. The maximum Gasteiger partial charge on any atom is 0.323 e. The topological polar surface area (TPSA) is 88.7 Å². The Morgan fingerprint density at radius 2 is 2.60 bits per heavy atom. The van der Waals surface area contributed by atoms with Gasteiger partial charge in [0.05, 0.1) is 19.4 Å². The summed E-state index contributed by atoms with van der Waals surface area (Å²) in [6, 6.07) is -0.615. The summed E-state index contributed by atoms with van der Waals surface area (Å²) in [4.78, 5) is 12.7. The van der Waals surface area contributed by atoms with Crippen molar-refractivity contribution in [2.75, 3.05) is 19.8 Å². The van der Waals surface area contributed by atoms with Gasteiger partial charge in [-0.1, -0.05) is 10.3 Å². The zero-order chi connectivity index (χ0) is 10.7. The molecule has 1 atom stereocenters. The third-order valence-corrected chi connectivity index (χ3v) is 2.30. The van der Waals surface area contributed by atoms with E-state index in [2.05, 4.69) is 14.9 Å². The second kappa shape index (κ2) is 4.37. The number of morpholine rings is 1. The molecule has 1 saturated heterocycles. The number of rotatable bonds is 3. The molecule has 0 spiro atoms. The minimum absolute atomic E-state index is 0.209. The largest absolute Gasteiger partial charge is 0.480 e. The summed E-state index contributed by atoms with van der Waals surface area (Å²) >= 11 is 0. The Bertz CT molecular complexity index is 327. The van der Waals surface area contributed by atoms with Gasteiger partial charge >= 0.3 is 5.97 Å². The molecule has 1 N–H and O–H groups in total. The summed E-state index contributed by atoms with van der Waals surface area (Å²) in [5, 5.41) is 16.1. The van der Waals surface area contributed by atoms with Crippen LogP contribution in [0.5, 0.6) is 0 Å². The molecule has 82 valence electrons.